The molecule has 0 aliphatic carbocycles. The van der Waals surface area contributed by atoms with Gasteiger partial charge in [0.05, 0.1) is 17.3 Å². The minimum absolute atomic E-state index is 0.118. The average molecular weight is 513 g/mol. The predicted molar refractivity (Wildman–Crippen MR) is 143 cm³/mol. The minimum Gasteiger partial charge on any atom is -0.478 e. The SMILES string of the molecule is O=C(CCN1C(=S)N[C@H](c2ccccn2)[C@@H]1c1ccc(-c2ccc(C(=O)O)cc2)o1)Nc1ccccc1. The third kappa shape index (κ3) is 5.36. The van der Waals surface area contributed by atoms with E-state index >= 15 is 0 Å². The molecular formula is C28H24N4O4S. The number of hydrogen-bond acceptors (Lipinski definition) is 5. The van der Waals surface area contributed by atoms with Crippen molar-refractivity contribution in [2.75, 3.05) is 11.9 Å². The Morgan fingerprint density at radius 2 is 1.76 bits per heavy atom. The Morgan fingerprint density at radius 1 is 1.00 bits per heavy atom. The van der Waals surface area contributed by atoms with Gasteiger partial charge in [0.25, 0.3) is 0 Å². The van der Waals surface area contributed by atoms with Crippen LogP contribution in [0.3, 0.4) is 0 Å². The van der Waals surface area contributed by atoms with Crippen LogP contribution in [-0.2, 0) is 4.79 Å². The molecule has 1 saturated heterocycles. The molecule has 186 valence electrons. The molecule has 2 atom stereocenters. The van der Waals surface area contributed by atoms with Gasteiger partial charge in [0.2, 0.25) is 5.91 Å². The van der Waals surface area contributed by atoms with Gasteiger partial charge in [-0.25, -0.2) is 4.79 Å². The number of para-hydroxylation sites is 1. The van der Waals surface area contributed by atoms with E-state index < -0.39 is 5.97 Å². The molecule has 0 spiro atoms. The first-order chi connectivity index (χ1) is 18.0. The van der Waals surface area contributed by atoms with E-state index in [0.29, 0.717) is 23.2 Å². The van der Waals surface area contributed by atoms with Crippen molar-refractivity contribution in [3.8, 4) is 11.3 Å². The monoisotopic (exact) mass is 512 g/mol. The second-order valence-corrected chi connectivity index (χ2v) is 8.96. The summed E-state index contributed by atoms with van der Waals surface area (Å²) in [6, 6.07) is 24.6. The van der Waals surface area contributed by atoms with E-state index in [2.05, 4.69) is 15.6 Å². The highest BCUT2D eigenvalue weighted by molar-refractivity contribution is 7.80. The number of thiocarbonyl (C=S) groups is 1. The number of anilines is 1. The van der Waals surface area contributed by atoms with Crippen LogP contribution in [0.1, 0.15) is 40.3 Å². The van der Waals surface area contributed by atoms with Crippen LogP contribution in [0.15, 0.2) is 95.5 Å². The summed E-state index contributed by atoms with van der Waals surface area (Å²) in [6.45, 7) is 0.377. The van der Waals surface area contributed by atoms with Crippen LogP contribution in [0, 0.1) is 0 Å². The lowest BCUT2D eigenvalue weighted by Crippen LogP contribution is -2.32. The number of carboxylic acids is 1. The lowest BCUT2D eigenvalue weighted by atomic mass is 10.0. The Labute approximate surface area is 219 Å². The summed E-state index contributed by atoms with van der Waals surface area (Å²) in [5.41, 5.74) is 2.50. The van der Waals surface area contributed by atoms with Crippen molar-refractivity contribution in [1.82, 2.24) is 15.2 Å². The fourth-order valence-electron chi connectivity index (χ4n) is 4.37. The lowest BCUT2D eigenvalue weighted by molar-refractivity contribution is -0.116. The third-order valence-electron chi connectivity index (χ3n) is 6.17. The molecule has 9 heteroatoms. The molecule has 1 aliphatic heterocycles. The van der Waals surface area contributed by atoms with Crippen molar-refractivity contribution < 1.29 is 19.1 Å². The maximum absolute atomic E-state index is 12.7. The topological polar surface area (TPSA) is 108 Å². The van der Waals surface area contributed by atoms with Crippen molar-refractivity contribution in [3.05, 3.63) is 108 Å². The minimum atomic E-state index is -0.984. The summed E-state index contributed by atoms with van der Waals surface area (Å²) in [5, 5.41) is 15.9. The molecule has 4 aromatic rings. The fraction of sp³-hybridized carbons (Fsp3) is 0.143. The summed E-state index contributed by atoms with van der Waals surface area (Å²) >= 11 is 5.67. The highest BCUT2D eigenvalue weighted by atomic mass is 32.1. The Bertz CT molecular complexity index is 1410. The van der Waals surface area contributed by atoms with Crippen LogP contribution in [-0.4, -0.2) is 38.5 Å². The molecule has 0 bridgehead atoms. The first-order valence-electron chi connectivity index (χ1n) is 11.8. The number of nitrogens with zero attached hydrogens (tertiary/aromatic N) is 2. The predicted octanol–water partition coefficient (Wildman–Crippen LogP) is 5.04. The molecule has 1 fully saturated rings. The molecule has 0 radical (unpaired) electrons. The Morgan fingerprint density at radius 3 is 2.46 bits per heavy atom. The molecule has 1 aliphatic rings. The zero-order valence-electron chi connectivity index (χ0n) is 19.7. The highest BCUT2D eigenvalue weighted by Gasteiger charge is 2.41. The summed E-state index contributed by atoms with van der Waals surface area (Å²) in [5.74, 6) is 0.158. The van der Waals surface area contributed by atoms with E-state index in [4.69, 9.17) is 16.6 Å². The number of aromatic nitrogens is 1. The van der Waals surface area contributed by atoms with Crippen LogP contribution < -0.4 is 10.6 Å². The zero-order chi connectivity index (χ0) is 25.8. The van der Waals surface area contributed by atoms with Crippen molar-refractivity contribution in [1.29, 1.82) is 0 Å². The summed E-state index contributed by atoms with van der Waals surface area (Å²) in [7, 11) is 0. The maximum atomic E-state index is 12.7. The molecule has 5 rings (SSSR count). The van der Waals surface area contributed by atoms with E-state index in [1.165, 1.54) is 0 Å². The number of aromatic carboxylic acids is 1. The number of hydrogen-bond donors (Lipinski definition) is 3. The number of carboxylic acid groups (broad SMARTS) is 1. The molecule has 0 saturated carbocycles. The summed E-state index contributed by atoms with van der Waals surface area (Å²) < 4.78 is 6.27. The molecule has 3 heterocycles. The quantitative estimate of drug-likeness (QED) is 0.282. The van der Waals surface area contributed by atoms with Crippen molar-refractivity contribution in [3.63, 3.8) is 0 Å². The highest BCUT2D eigenvalue weighted by Crippen LogP contribution is 2.40. The zero-order valence-corrected chi connectivity index (χ0v) is 20.5. The first-order valence-corrected chi connectivity index (χ1v) is 12.2. The Kier molecular flexibility index (Phi) is 6.96. The first kappa shape index (κ1) is 24.2. The molecule has 3 N–H and O–H groups in total. The molecule has 0 unspecified atom stereocenters. The van der Waals surface area contributed by atoms with Gasteiger partial charge in [-0.15, -0.1) is 0 Å². The standard InChI is InChI=1S/C28H24N4O4S/c33-24(30-20-6-2-1-3-7-20)15-17-32-26(25(31-28(32)37)21-8-4-5-16-29-21)23-14-13-22(36-23)18-9-11-19(12-10-18)27(34)35/h1-14,16,25-26H,15,17H2,(H,30,33)(H,31,37)(H,34,35)/t25-,26+/m1/s1. The molecule has 2 aromatic carbocycles. The van der Waals surface area contributed by atoms with Gasteiger partial charge in [0.1, 0.15) is 17.6 Å². The van der Waals surface area contributed by atoms with E-state index in [9.17, 15) is 14.7 Å². The third-order valence-corrected chi connectivity index (χ3v) is 6.52. The van der Waals surface area contributed by atoms with Crippen LogP contribution >= 0.6 is 12.2 Å². The Hall–Kier alpha value is -4.50. The second-order valence-electron chi connectivity index (χ2n) is 8.57. The molecule has 1 amide bonds. The van der Waals surface area contributed by atoms with Crippen LogP contribution in [0.5, 0.6) is 0 Å². The van der Waals surface area contributed by atoms with E-state index in [1.807, 2.05) is 65.6 Å². The molecule has 2 aromatic heterocycles. The van der Waals surface area contributed by atoms with Gasteiger partial charge in [-0.2, -0.15) is 0 Å². The van der Waals surface area contributed by atoms with Gasteiger partial charge in [0.15, 0.2) is 5.11 Å². The van der Waals surface area contributed by atoms with Gasteiger partial charge in [-0.1, -0.05) is 36.4 Å². The normalized spacial score (nSPS) is 16.9. The molecule has 37 heavy (non-hydrogen) atoms. The van der Waals surface area contributed by atoms with E-state index in [0.717, 1.165) is 16.9 Å². The number of amides is 1. The number of benzene rings is 2. The smallest absolute Gasteiger partial charge is 0.335 e. The maximum Gasteiger partial charge on any atom is 0.335 e. The largest absolute Gasteiger partial charge is 0.478 e. The number of furan rings is 1. The fourth-order valence-corrected chi connectivity index (χ4v) is 4.70. The van der Waals surface area contributed by atoms with Gasteiger partial charge < -0.3 is 25.1 Å². The van der Waals surface area contributed by atoms with Crippen molar-refractivity contribution >= 4 is 34.9 Å². The lowest BCUT2D eigenvalue weighted by Gasteiger charge is -2.25. The van der Waals surface area contributed by atoms with Gasteiger partial charge in [0, 0.05) is 30.4 Å². The van der Waals surface area contributed by atoms with Gasteiger partial charge in [-0.05, 0) is 60.7 Å². The van der Waals surface area contributed by atoms with Crippen molar-refractivity contribution in [2.24, 2.45) is 0 Å². The second kappa shape index (κ2) is 10.6. The molecule has 8 nitrogen and oxygen atoms in total. The van der Waals surface area contributed by atoms with Crippen LogP contribution in [0.4, 0.5) is 5.69 Å². The number of carbonyl (C=O) groups excluding carboxylic acids is 1. The van der Waals surface area contributed by atoms with E-state index in [1.54, 1.807) is 30.5 Å². The number of pyridine rings is 1. The van der Waals surface area contributed by atoms with Crippen LogP contribution in [0.25, 0.3) is 11.3 Å². The van der Waals surface area contributed by atoms with Gasteiger partial charge in [-0.3, -0.25) is 9.78 Å². The summed E-state index contributed by atoms with van der Waals surface area (Å²) in [4.78, 5) is 30.3. The molecular weight excluding hydrogens is 488 g/mol. The van der Waals surface area contributed by atoms with Gasteiger partial charge >= 0.3 is 5.97 Å². The van der Waals surface area contributed by atoms with Crippen LogP contribution in [0.2, 0.25) is 0 Å². The number of nitrogens with one attached hydrogen (secondary N) is 2. The van der Waals surface area contributed by atoms with E-state index in [-0.39, 0.29) is 30.0 Å². The number of rotatable bonds is 8. The number of carbonyl (C=O) groups is 2. The van der Waals surface area contributed by atoms with Crippen molar-refractivity contribution in [2.45, 2.75) is 18.5 Å². The summed E-state index contributed by atoms with van der Waals surface area (Å²) in [6.07, 6.45) is 1.96. The Balaban J connectivity index is 1.40. The average Bonchev–Trinajstić information content (AvgIpc) is 3.53.